The number of rotatable bonds is 7. The van der Waals surface area contributed by atoms with Crippen LogP contribution >= 0.6 is 15.9 Å². The molecule has 0 spiro atoms. The molecule has 0 aliphatic heterocycles. The summed E-state index contributed by atoms with van der Waals surface area (Å²) in [6.45, 7) is 4.16. The van der Waals surface area contributed by atoms with Crippen molar-refractivity contribution in [3.63, 3.8) is 0 Å². The van der Waals surface area contributed by atoms with Gasteiger partial charge in [-0.05, 0) is 55.1 Å². The van der Waals surface area contributed by atoms with Crippen molar-refractivity contribution in [3.8, 4) is 0 Å². The summed E-state index contributed by atoms with van der Waals surface area (Å²) in [5, 5.41) is 10.7. The van der Waals surface area contributed by atoms with E-state index in [1.165, 1.54) is 4.68 Å². The molecule has 1 aliphatic rings. The van der Waals surface area contributed by atoms with Crippen LogP contribution in [0, 0.1) is 0 Å². The Hall–Kier alpha value is -1.84. The van der Waals surface area contributed by atoms with Crippen LogP contribution in [-0.4, -0.2) is 32.0 Å². The Morgan fingerprint density at radius 2 is 2.07 bits per heavy atom. The van der Waals surface area contributed by atoms with Crippen molar-refractivity contribution < 1.29 is 18.0 Å². The maximum Gasteiger partial charge on any atom is 0.435 e. The lowest BCUT2D eigenvalue weighted by atomic mass is 10.1. The number of nitrogens with one attached hydrogen (secondary N) is 1. The smallest absolute Gasteiger partial charge is 0.354 e. The second-order valence-electron chi connectivity index (χ2n) is 7.22. The summed E-state index contributed by atoms with van der Waals surface area (Å²) in [4.78, 5) is 12.4. The van der Waals surface area contributed by atoms with E-state index in [0.29, 0.717) is 25.2 Å². The van der Waals surface area contributed by atoms with E-state index < -0.39 is 17.4 Å². The summed E-state index contributed by atoms with van der Waals surface area (Å²) in [6, 6.07) is 1.15. The number of hydrogen-bond acceptors (Lipinski definition) is 3. The van der Waals surface area contributed by atoms with E-state index in [4.69, 9.17) is 0 Å². The average Bonchev–Trinajstić information content (AvgIpc) is 3.16. The maximum absolute atomic E-state index is 12.9. The van der Waals surface area contributed by atoms with Crippen molar-refractivity contribution in [2.24, 2.45) is 0 Å². The topological polar surface area (TPSA) is 64.7 Å². The van der Waals surface area contributed by atoms with Gasteiger partial charge in [0.15, 0.2) is 5.69 Å². The molecule has 27 heavy (non-hydrogen) atoms. The van der Waals surface area contributed by atoms with E-state index in [2.05, 4.69) is 31.4 Å². The van der Waals surface area contributed by atoms with Crippen molar-refractivity contribution in [1.29, 1.82) is 0 Å². The number of carbonyl (C=O) groups is 1. The van der Waals surface area contributed by atoms with Crippen LogP contribution in [0.2, 0.25) is 0 Å². The van der Waals surface area contributed by atoms with Crippen LogP contribution < -0.4 is 5.32 Å². The van der Waals surface area contributed by atoms with Gasteiger partial charge < -0.3 is 5.32 Å². The van der Waals surface area contributed by atoms with Crippen molar-refractivity contribution in [2.45, 2.75) is 57.3 Å². The molecule has 0 atom stereocenters. The van der Waals surface area contributed by atoms with Crippen LogP contribution in [0.5, 0.6) is 0 Å². The Bertz CT molecular complexity index is 823. The van der Waals surface area contributed by atoms with Crippen molar-refractivity contribution in [3.05, 3.63) is 34.3 Å². The van der Waals surface area contributed by atoms with E-state index >= 15 is 0 Å². The lowest BCUT2D eigenvalue weighted by Gasteiger charge is -2.24. The zero-order valence-corrected chi connectivity index (χ0v) is 16.6. The largest absolute Gasteiger partial charge is 0.435 e. The average molecular weight is 448 g/mol. The monoisotopic (exact) mass is 447 g/mol. The van der Waals surface area contributed by atoms with Gasteiger partial charge in [0.05, 0.1) is 10.7 Å². The zero-order chi connectivity index (χ0) is 19.8. The van der Waals surface area contributed by atoms with Crippen molar-refractivity contribution in [1.82, 2.24) is 24.9 Å². The predicted molar refractivity (Wildman–Crippen MR) is 96.1 cm³/mol. The second-order valence-corrected chi connectivity index (χ2v) is 8.14. The summed E-state index contributed by atoms with van der Waals surface area (Å²) in [5.41, 5.74) is -1.09. The molecule has 2 heterocycles. The number of alkyl halides is 3. The number of aryl methyl sites for hydroxylation is 1. The molecule has 148 valence electrons. The third kappa shape index (κ3) is 4.53. The minimum absolute atomic E-state index is 0.167. The first-order chi connectivity index (χ1) is 12.6. The third-order valence-electron chi connectivity index (χ3n) is 4.61. The quantitative estimate of drug-likeness (QED) is 0.658. The van der Waals surface area contributed by atoms with Gasteiger partial charge in [0.2, 0.25) is 5.91 Å². The van der Waals surface area contributed by atoms with Gasteiger partial charge in [-0.1, -0.05) is 0 Å². The van der Waals surface area contributed by atoms with Crippen LogP contribution in [-0.2, 0) is 23.1 Å². The lowest BCUT2D eigenvalue weighted by molar-refractivity contribution is -0.141. The highest BCUT2D eigenvalue weighted by Gasteiger charge is 2.37. The first kappa shape index (κ1) is 19.9. The molecule has 1 N–H and O–H groups in total. The van der Waals surface area contributed by atoms with Gasteiger partial charge in [-0.25, -0.2) is 0 Å². The Morgan fingerprint density at radius 3 is 2.63 bits per heavy atom. The Morgan fingerprint density at radius 1 is 1.37 bits per heavy atom. The third-order valence-corrected chi connectivity index (χ3v) is 5.02. The van der Waals surface area contributed by atoms with Gasteiger partial charge in [-0.2, -0.15) is 23.4 Å². The fourth-order valence-corrected chi connectivity index (χ4v) is 3.10. The summed E-state index contributed by atoms with van der Waals surface area (Å²) >= 11 is 3.30. The van der Waals surface area contributed by atoms with Crippen LogP contribution in [0.15, 0.2) is 22.9 Å². The van der Waals surface area contributed by atoms with E-state index in [0.717, 1.165) is 23.4 Å². The molecule has 1 saturated carbocycles. The minimum atomic E-state index is -4.44. The van der Waals surface area contributed by atoms with Gasteiger partial charge in [0, 0.05) is 30.9 Å². The van der Waals surface area contributed by atoms with Crippen molar-refractivity contribution in [2.75, 3.05) is 6.54 Å². The highest BCUT2D eigenvalue weighted by atomic mass is 79.9. The maximum atomic E-state index is 12.9. The zero-order valence-electron chi connectivity index (χ0n) is 15.1. The first-order valence-electron chi connectivity index (χ1n) is 8.73. The molecule has 2 aromatic heterocycles. The van der Waals surface area contributed by atoms with Gasteiger partial charge in [-0.15, -0.1) is 0 Å². The fourth-order valence-electron chi connectivity index (χ4n) is 2.81. The number of nitrogens with zero attached hydrogens (tertiary/aromatic N) is 4. The molecular weight excluding hydrogens is 427 g/mol. The number of amides is 1. The van der Waals surface area contributed by atoms with E-state index in [9.17, 15) is 18.0 Å². The lowest BCUT2D eigenvalue weighted by Crippen LogP contribution is -2.45. The van der Waals surface area contributed by atoms with Crippen LogP contribution in [0.4, 0.5) is 13.2 Å². The first-order valence-corrected chi connectivity index (χ1v) is 9.52. The molecule has 1 fully saturated rings. The van der Waals surface area contributed by atoms with Crippen LogP contribution in [0.25, 0.3) is 0 Å². The molecule has 0 radical (unpaired) electrons. The highest BCUT2D eigenvalue weighted by molar-refractivity contribution is 9.10. The highest BCUT2D eigenvalue weighted by Crippen LogP contribution is 2.42. The fraction of sp³-hybridized carbons (Fsp3) is 0.588. The number of carbonyl (C=O) groups excluding carboxylic acids is 1. The summed E-state index contributed by atoms with van der Waals surface area (Å²) in [7, 11) is 0. The molecule has 0 saturated heterocycles. The van der Waals surface area contributed by atoms with Crippen LogP contribution in [0.1, 0.15) is 50.4 Å². The molecule has 0 aromatic carbocycles. The number of aromatic nitrogens is 4. The molecule has 2 aromatic rings. The SMILES string of the molecule is CC(C)(C(=O)NCCCn1nc(C(F)(F)F)cc1C1CC1)n1cc(Br)cn1. The summed E-state index contributed by atoms with van der Waals surface area (Å²) in [5.74, 6) is -0.0441. The molecule has 0 bridgehead atoms. The number of halogens is 4. The van der Waals surface area contributed by atoms with Gasteiger partial charge in [0.25, 0.3) is 0 Å². The Balaban J connectivity index is 1.56. The second kappa shape index (κ2) is 7.29. The summed E-state index contributed by atoms with van der Waals surface area (Å²) < 4.78 is 42.5. The molecule has 10 heteroatoms. The van der Waals surface area contributed by atoms with E-state index in [-0.39, 0.29) is 11.8 Å². The van der Waals surface area contributed by atoms with Crippen LogP contribution in [0.3, 0.4) is 0 Å². The molecule has 1 amide bonds. The van der Waals surface area contributed by atoms with Gasteiger partial charge in [0.1, 0.15) is 5.54 Å². The molecular formula is C17H21BrF3N5O. The number of hydrogen-bond donors (Lipinski definition) is 1. The normalized spacial score (nSPS) is 15.2. The standard InChI is InChI=1S/C17H21BrF3N5O/c1-16(2,26-10-12(18)9-23-26)15(27)22-6-3-7-25-13(11-4-5-11)8-14(24-25)17(19,20)21/h8-11H,3-7H2,1-2H3,(H,22,27). The molecule has 3 rings (SSSR count). The van der Waals surface area contributed by atoms with Crippen molar-refractivity contribution >= 4 is 21.8 Å². The molecule has 0 unspecified atom stereocenters. The van der Waals surface area contributed by atoms with E-state index in [1.54, 1.807) is 30.9 Å². The van der Waals surface area contributed by atoms with Gasteiger partial charge in [-0.3, -0.25) is 14.2 Å². The Kier molecular flexibility index (Phi) is 5.38. The predicted octanol–water partition coefficient (Wildman–Crippen LogP) is 3.68. The molecule has 6 nitrogen and oxygen atoms in total. The van der Waals surface area contributed by atoms with E-state index in [1.807, 2.05) is 0 Å². The Labute approximate surface area is 163 Å². The van der Waals surface area contributed by atoms with Gasteiger partial charge >= 0.3 is 6.18 Å². The minimum Gasteiger partial charge on any atom is -0.354 e. The molecule has 1 aliphatic carbocycles. The summed E-state index contributed by atoms with van der Waals surface area (Å²) in [6.07, 6.45) is 1.16.